The summed E-state index contributed by atoms with van der Waals surface area (Å²) in [6.45, 7) is 5.67. The zero-order chi connectivity index (χ0) is 22.3. The molecule has 0 aliphatic heterocycles. The summed E-state index contributed by atoms with van der Waals surface area (Å²) in [6, 6.07) is 33.0. The van der Waals surface area contributed by atoms with E-state index >= 15 is 0 Å². The number of hydrogen-bond donors (Lipinski definition) is 0. The molecule has 158 valence electrons. The Balaban J connectivity index is 1.69. The third-order valence-electron chi connectivity index (χ3n) is 5.55. The molecular formula is C29H25NO2. The third kappa shape index (κ3) is 3.78. The monoisotopic (exact) mass is 419 g/mol. The van der Waals surface area contributed by atoms with Gasteiger partial charge in [0.2, 0.25) is 0 Å². The topological polar surface area (TPSA) is 31.2 Å². The first kappa shape index (κ1) is 20.1. The van der Waals surface area contributed by atoms with Gasteiger partial charge in [0.05, 0.1) is 11.4 Å². The predicted octanol–water partition coefficient (Wildman–Crippen LogP) is 7.91. The summed E-state index contributed by atoms with van der Waals surface area (Å²) in [5.41, 5.74) is 2.98. The molecule has 5 rings (SSSR count). The van der Waals surface area contributed by atoms with Crippen molar-refractivity contribution in [2.24, 2.45) is 0 Å². The molecular weight excluding hydrogens is 394 g/mol. The summed E-state index contributed by atoms with van der Waals surface area (Å²) in [6.07, 6.45) is -0.381. The van der Waals surface area contributed by atoms with Crippen LogP contribution in [0.2, 0.25) is 0 Å². The van der Waals surface area contributed by atoms with Crippen LogP contribution in [-0.2, 0) is 4.74 Å². The summed E-state index contributed by atoms with van der Waals surface area (Å²) >= 11 is 0. The lowest BCUT2D eigenvalue weighted by Gasteiger charge is -2.22. The van der Waals surface area contributed by atoms with E-state index in [1.807, 2.05) is 57.2 Å². The highest BCUT2D eigenvalue weighted by Crippen LogP contribution is 2.33. The van der Waals surface area contributed by atoms with E-state index in [2.05, 4.69) is 60.7 Å². The Labute approximate surface area is 187 Å². The second-order valence-electron chi connectivity index (χ2n) is 9.04. The predicted molar refractivity (Wildman–Crippen MR) is 132 cm³/mol. The van der Waals surface area contributed by atoms with Gasteiger partial charge in [-0.2, -0.15) is 0 Å². The molecule has 0 fully saturated rings. The Hall–Kier alpha value is -3.85. The van der Waals surface area contributed by atoms with E-state index in [1.54, 1.807) is 4.57 Å². The molecule has 0 aliphatic carbocycles. The van der Waals surface area contributed by atoms with Gasteiger partial charge in [0, 0.05) is 0 Å². The number of benzene rings is 4. The molecule has 0 unspecified atom stereocenters. The van der Waals surface area contributed by atoms with Gasteiger partial charge in [0.25, 0.3) is 0 Å². The number of rotatable bonds is 2. The summed E-state index contributed by atoms with van der Waals surface area (Å²) in [7, 11) is 0. The Morgan fingerprint density at radius 2 is 1.06 bits per heavy atom. The average molecular weight is 420 g/mol. The number of carbonyl (C=O) groups is 1. The fourth-order valence-corrected chi connectivity index (χ4v) is 4.09. The number of hydrogen-bond acceptors (Lipinski definition) is 2. The minimum absolute atomic E-state index is 0.381. The molecule has 0 aliphatic rings. The fraction of sp³-hybridized carbons (Fsp3) is 0.138. The Morgan fingerprint density at radius 3 is 1.50 bits per heavy atom. The molecule has 3 heteroatoms. The molecule has 0 radical (unpaired) electrons. The normalized spacial score (nSPS) is 11.7. The molecule has 3 nitrogen and oxygen atoms in total. The Bertz CT molecular complexity index is 1360. The molecule has 5 aromatic rings. The summed E-state index contributed by atoms with van der Waals surface area (Å²) in [4.78, 5) is 13.4. The molecule has 0 saturated carbocycles. The van der Waals surface area contributed by atoms with Gasteiger partial charge in [0.1, 0.15) is 5.60 Å². The molecule has 0 N–H and O–H groups in total. The molecule has 0 amide bonds. The van der Waals surface area contributed by atoms with Gasteiger partial charge in [-0.05, 0) is 77.7 Å². The minimum Gasteiger partial charge on any atom is -0.443 e. The van der Waals surface area contributed by atoms with E-state index in [1.165, 1.54) is 10.8 Å². The van der Waals surface area contributed by atoms with Gasteiger partial charge in [-0.15, -0.1) is 0 Å². The lowest BCUT2D eigenvalue weighted by Crippen LogP contribution is -2.27. The van der Waals surface area contributed by atoms with Crippen LogP contribution in [-0.4, -0.2) is 16.3 Å². The molecule has 0 saturated heterocycles. The van der Waals surface area contributed by atoms with Crippen molar-refractivity contribution in [3.8, 4) is 22.5 Å². The molecule has 0 atom stereocenters. The van der Waals surface area contributed by atoms with Crippen LogP contribution in [0, 0.1) is 0 Å². The van der Waals surface area contributed by atoms with Gasteiger partial charge < -0.3 is 4.74 Å². The van der Waals surface area contributed by atoms with Crippen molar-refractivity contribution < 1.29 is 9.53 Å². The van der Waals surface area contributed by atoms with E-state index in [0.29, 0.717) is 0 Å². The number of aromatic nitrogens is 1. The smallest absolute Gasteiger partial charge is 0.419 e. The summed E-state index contributed by atoms with van der Waals surface area (Å²) in [5.74, 6) is 0. The maximum absolute atomic E-state index is 13.4. The first-order chi connectivity index (χ1) is 15.4. The number of carbonyl (C=O) groups excluding carboxylic acids is 1. The maximum atomic E-state index is 13.4. The zero-order valence-electron chi connectivity index (χ0n) is 18.5. The van der Waals surface area contributed by atoms with Crippen LogP contribution in [0.1, 0.15) is 20.8 Å². The molecule has 1 heterocycles. The standard InChI is InChI=1S/C29H25NO2/c1-29(2,3)32-28(31)30-26(24-14-12-20-8-4-6-10-22(20)18-24)16-17-27(30)25-15-13-21-9-5-7-11-23(21)19-25/h4-19H,1-3H3. The Kier molecular flexibility index (Phi) is 4.82. The van der Waals surface area contributed by atoms with Gasteiger partial charge in [-0.25, -0.2) is 9.36 Å². The molecule has 0 bridgehead atoms. The maximum Gasteiger partial charge on any atom is 0.419 e. The van der Waals surface area contributed by atoms with E-state index in [-0.39, 0.29) is 6.09 Å². The lowest BCUT2D eigenvalue weighted by atomic mass is 10.0. The number of nitrogens with zero attached hydrogens (tertiary/aromatic N) is 1. The van der Waals surface area contributed by atoms with Crippen molar-refractivity contribution in [3.63, 3.8) is 0 Å². The highest BCUT2D eigenvalue weighted by Gasteiger charge is 2.23. The highest BCUT2D eigenvalue weighted by atomic mass is 16.6. The number of fused-ring (bicyclic) bond motifs is 2. The van der Waals surface area contributed by atoms with E-state index < -0.39 is 5.60 Å². The van der Waals surface area contributed by atoms with Crippen LogP contribution in [0.25, 0.3) is 44.1 Å². The van der Waals surface area contributed by atoms with Gasteiger partial charge in [-0.1, -0.05) is 72.8 Å². The van der Waals surface area contributed by atoms with Crippen molar-refractivity contribution in [1.82, 2.24) is 4.57 Å². The molecule has 4 aromatic carbocycles. The minimum atomic E-state index is -0.595. The first-order valence-corrected chi connectivity index (χ1v) is 10.8. The van der Waals surface area contributed by atoms with Gasteiger partial charge in [-0.3, -0.25) is 0 Å². The quantitative estimate of drug-likeness (QED) is 0.291. The van der Waals surface area contributed by atoms with Crippen molar-refractivity contribution in [1.29, 1.82) is 0 Å². The largest absolute Gasteiger partial charge is 0.443 e. The second-order valence-corrected chi connectivity index (χ2v) is 9.04. The molecule has 0 spiro atoms. The summed E-state index contributed by atoms with van der Waals surface area (Å²) in [5, 5.41) is 4.60. The van der Waals surface area contributed by atoms with E-state index in [0.717, 1.165) is 33.3 Å². The van der Waals surface area contributed by atoms with Crippen molar-refractivity contribution in [3.05, 3.63) is 97.1 Å². The van der Waals surface area contributed by atoms with Crippen LogP contribution in [0.15, 0.2) is 97.1 Å². The van der Waals surface area contributed by atoms with Gasteiger partial charge >= 0.3 is 6.09 Å². The van der Waals surface area contributed by atoms with Crippen molar-refractivity contribution in [2.45, 2.75) is 26.4 Å². The fourth-order valence-electron chi connectivity index (χ4n) is 4.09. The molecule has 32 heavy (non-hydrogen) atoms. The first-order valence-electron chi connectivity index (χ1n) is 10.8. The van der Waals surface area contributed by atoms with Gasteiger partial charge in [0.15, 0.2) is 0 Å². The third-order valence-corrected chi connectivity index (χ3v) is 5.55. The molecule has 1 aromatic heterocycles. The van der Waals surface area contributed by atoms with Crippen LogP contribution >= 0.6 is 0 Å². The highest BCUT2D eigenvalue weighted by molar-refractivity contribution is 5.92. The number of ether oxygens (including phenoxy) is 1. The zero-order valence-corrected chi connectivity index (χ0v) is 18.5. The summed E-state index contributed by atoms with van der Waals surface area (Å²) < 4.78 is 7.50. The second kappa shape index (κ2) is 7.69. The van der Waals surface area contributed by atoms with Crippen LogP contribution in [0.3, 0.4) is 0 Å². The van der Waals surface area contributed by atoms with E-state index in [9.17, 15) is 4.79 Å². The lowest BCUT2D eigenvalue weighted by molar-refractivity contribution is 0.0543. The van der Waals surface area contributed by atoms with Crippen LogP contribution in [0.5, 0.6) is 0 Å². The SMILES string of the molecule is CC(C)(C)OC(=O)n1c(-c2ccc3ccccc3c2)ccc1-c1ccc2ccccc2c1. The average Bonchev–Trinajstić information content (AvgIpc) is 3.23. The van der Waals surface area contributed by atoms with Crippen molar-refractivity contribution >= 4 is 27.6 Å². The Morgan fingerprint density at radius 1 is 0.625 bits per heavy atom. The van der Waals surface area contributed by atoms with Crippen LogP contribution < -0.4 is 0 Å². The van der Waals surface area contributed by atoms with Crippen molar-refractivity contribution in [2.75, 3.05) is 0 Å². The van der Waals surface area contributed by atoms with E-state index in [4.69, 9.17) is 4.74 Å². The van der Waals surface area contributed by atoms with Crippen LogP contribution in [0.4, 0.5) is 4.79 Å².